The number of carbonyl (C=O) groups is 2. The monoisotopic (exact) mass is 492 g/mol. The van der Waals surface area contributed by atoms with Crippen molar-refractivity contribution >= 4 is 46.1 Å². The fourth-order valence-electron chi connectivity index (χ4n) is 3.97. The number of benzene rings is 2. The summed E-state index contributed by atoms with van der Waals surface area (Å²) in [6.45, 7) is 1.74. The Morgan fingerprint density at radius 2 is 1.62 bits per heavy atom. The molecule has 9 heteroatoms. The number of para-hydroxylation sites is 1. The third kappa shape index (κ3) is 4.64. The van der Waals surface area contributed by atoms with Gasteiger partial charge in [0.15, 0.2) is 10.9 Å². The molecule has 1 aliphatic rings. The van der Waals surface area contributed by atoms with Crippen molar-refractivity contribution in [2.24, 2.45) is 0 Å². The molecule has 0 radical (unpaired) electrons. The summed E-state index contributed by atoms with van der Waals surface area (Å²) in [5.74, 6) is 0.586. The molecule has 0 unspecified atom stereocenters. The Labute approximate surface area is 205 Å². The molecule has 0 bridgehead atoms. The van der Waals surface area contributed by atoms with Crippen LogP contribution in [-0.4, -0.2) is 57.8 Å². The third-order valence-electron chi connectivity index (χ3n) is 5.71. The molecule has 2 aromatic heterocycles. The summed E-state index contributed by atoms with van der Waals surface area (Å²) in [5, 5.41) is 2.07. The molecule has 7 nitrogen and oxygen atoms in total. The van der Waals surface area contributed by atoms with Gasteiger partial charge in [0.25, 0.3) is 11.8 Å². The topological polar surface area (TPSA) is 79.5 Å². The summed E-state index contributed by atoms with van der Waals surface area (Å²) in [7, 11) is 0. The summed E-state index contributed by atoms with van der Waals surface area (Å²) in [4.78, 5) is 38.3. The highest BCUT2D eigenvalue weighted by molar-refractivity contribution is 7.98. The van der Waals surface area contributed by atoms with Gasteiger partial charge in [-0.3, -0.25) is 9.59 Å². The second-order valence-electron chi connectivity index (χ2n) is 7.82. The van der Waals surface area contributed by atoms with Crippen molar-refractivity contribution in [1.82, 2.24) is 19.8 Å². The van der Waals surface area contributed by atoms with E-state index in [0.29, 0.717) is 59.0 Å². The van der Waals surface area contributed by atoms with Crippen molar-refractivity contribution in [2.75, 3.05) is 26.2 Å². The van der Waals surface area contributed by atoms with Crippen molar-refractivity contribution in [3.05, 3.63) is 88.9 Å². The average Bonchev–Trinajstić information content (AvgIpc) is 3.26. The lowest BCUT2D eigenvalue weighted by Gasteiger charge is -2.34. The quantitative estimate of drug-likeness (QED) is 0.295. The van der Waals surface area contributed by atoms with E-state index in [1.54, 1.807) is 52.5 Å². The number of furan rings is 1. The van der Waals surface area contributed by atoms with Crippen LogP contribution in [0.2, 0.25) is 5.02 Å². The molecule has 1 aliphatic heterocycles. The van der Waals surface area contributed by atoms with Crippen LogP contribution in [0.5, 0.6) is 0 Å². The van der Waals surface area contributed by atoms with Crippen LogP contribution < -0.4 is 0 Å². The van der Waals surface area contributed by atoms with E-state index >= 15 is 0 Å². The average molecular weight is 493 g/mol. The molecule has 3 heterocycles. The summed E-state index contributed by atoms with van der Waals surface area (Å²) < 4.78 is 6.02. The van der Waals surface area contributed by atoms with Gasteiger partial charge >= 0.3 is 0 Å². The lowest BCUT2D eigenvalue weighted by molar-refractivity contribution is 0.0519. The molecule has 4 aromatic rings. The largest absolute Gasteiger partial charge is 0.451 e. The molecule has 0 N–H and O–H groups in total. The van der Waals surface area contributed by atoms with E-state index < -0.39 is 0 Å². The molecule has 1 saturated heterocycles. The van der Waals surface area contributed by atoms with Crippen molar-refractivity contribution in [3.8, 4) is 0 Å². The molecule has 172 valence electrons. The SMILES string of the molecule is O=C(c1cccc(Cl)c1)N1CCN(C(=O)c2oc3ccccc3c2CSc2ncccn2)CC1. The number of rotatable bonds is 5. The zero-order valence-electron chi connectivity index (χ0n) is 18.2. The Kier molecular flexibility index (Phi) is 6.51. The molecular weight excluding hydrogens is 472 g/mol. The number of piperazine rings is 1. The van der Waals surface area contributed by atoms with E-state index in [2.05, 4.69) is 9.97 Å². The van der Waals surface area contributed by atoms with Gasteiger partial charge in [0, 0.05) is 65.9 Å². The predicted octanol–water partition coefficient (Wildman–Crippen LogP) is 4.77. The van der Waals surface area contributed by atoms with Crippen LogP contribution in [0, 0.1) is 0 Å². The molecule has 2 aromatic carbocycles. The van der Waals surface area contributed by atoms with Gasteiger partial charge in [-0.05, 0) is 30.3 Å². The van der Waals surface area contributed by atoms with E-state index in [1.165, 1.54) is 11.8 Å². The lowest BCUT2D eigenvalue weighted by atomic mass is 10.1. The number of hydrogen-bond acceptors (Lipinski definition) is 6. The van der Waals surface area contributed by atoms with Gasteiger partial charge in [-0.1, -0.05) is 47.6 Å². The summed E-state index contributed by atoms with van der Waals surface area (Å²) in [6, 6.07) is 16.3. The number of thioether (sulfide) groups is 1. The minimum absolute atomic E-state index is 0.0849. The summed E-state index contributed by atoms with van der Waals surface area (Å²) in [5.41, 5.74) is 2.05. The molecule has 1 fully saturated rings. The number of nitrogens with zero attached hydrogens (tertiary/aromatic N) is 4. The van der Waals surface area contributed by atoms with Crippen molar-refractivity contribution in [2.45, 2.75) is 10.9 Å². The number of hydrogen-bond donors (Lipinski definition) is 0. The molecule has 0 atom stereocenters. The van der Waals surface area contributed by atoms with Crippen LogP contribution in [0.3, 0.4) is 0 Å². The Balaban J connectivity index is 1.32. The van der Waals surface area contributed by atoms with Gasteiger partial charge in [-0.2, -0.15) is 0 Å². The second kappa shape index (κ2) is 9.87. The number of amides is 2. The highest BCUT2D eigenvalue weighted by atomic mass is 35.5. The maximum Gasteiger partial charge on any atom is 0.290 e. The maximum atomic E-state index is 13.5. The first-order chi connectivity index (χ1) is 16.6. The number of halogens is 1. The van der Waals surface area contributed by atoms with E-state index in [1.807, 2.05) is 24.3 Å². The van der Waals surface area contributed by atoms with Gasteiger partial charge in [-0.25, -0.2) is 9.97 Å². The van der Waals surface area contributed by atoms with Gasteiger partial charge < -0.3 is 14.2 Å². The Morgan fingerprint density at radius 3 is 2.35 bits per heavy atom. The maximum absolute atomic E-state index is 13.5. The first kappa shape index (κ1) is 22.4. The van der Waals surface area contributed by atoms with E-state index in [0.717, 1.165) is 10.9 Å². The zero-order chi connectivity index (χ0) is 23.5. The fraction of sp³-hybridized carbons (Fsp3) is 0.200. The van der Waals surface area contributed by atoms with Crippen molar-refractivity contribution < 1.29 is 14.0 Å². The third-order valence-corrected chi connectivity index (χ3v) is 6.84. The lowest BCUT2D eigenvalue weighted by Crippen LogP contribution is -2.50. The smallest absolute Gasteiger partial charge is 0.290 e. The summed E-state index contributed by atoms with van der Waals surface area (Å²) in [6.07, 6.45) is 3.39. The minimum atomic E-state index is -0.171. The number of aromatic nitrogens is 2. The van der Waals surface area contributed by atoms with Gasteiger partial charge in [-0.15, -0.1) is 0 Å². The first-order valence-corrected chi connectivity index (χ1v) is 12.2. The van der Waals surface area contributed by atoms with Crippen LogP contribution in [0.4, 0.5) is 0 Å². The molecule has 0 saturated carbocycles. The molecule has 5 rings (SSSR count). The summed E-state index contributed by atoms with van der Waals surface area (Å²) >= 11 is 7.49. The molecular formula is C25H21ClN4O3S. The first-order valence-electron chi connectivity index (χ1n) is 10.8. The standard InChI is InChI=1S/C25H21ClN4O3S/c26-18-6-3-5-17(15-18)23(31)29-11-13-30(14-12-29)24(32)22-20(16-34-25-27-9-4-10-28-25)19-7-1-2-8-21(19)33-22/h1-10,15H,11-14,16H2. The van der Waals surface area contributed by atoms with Crippen LogP contribution in [-0.2, 0) is 5.75 Å². The minimum Gasteiger partial charge on any atom is -0.451 e. The predicted molar refractivity (Wildman–Crippen MR) is 131 cm³/mol. The number of carbonyl (C=O) groups excluding carboxylic acids is 2. The molecule has 34 heavy (non-hydrogen) atoms. The van der Waals surface area contributed by atoms with E-state index in [-0.39, 0.29) is 11.8 Å². The van der Waals surface area contributed by atoms with Crippen molar-refractivity contribution in [3.63, 3.8) is 0 Å². The van der Waals surface area contributed by atoms with Gasteiger partial charge in [0.05, 0.1) is 0 Å². The van der Waals surface area contributed by atoms with Gasteiger partial charge in [0.1, 0.15) is 5.58 Å². The van der Waals surface area contributed by atoms with E-state index in [9.17, 15) is 9.59 Å². The van der Waals surface area contributed by atoms with Crippen LogP contribution in [0.25, 0.3) is 11.0 Å². The van der Waals surface area contributed by atoms with Crippen LogP contribution in [0.15, 0.2) is 76.6 Å². The van der Waals surface area contributed by atoms with Crippen LogP contribution >= 0.6 is 23.4 Å². The Morgan fingerprint density at radius 1 is 0.912 bits per heavy atom. The van der Waals surface area contributed by atoms with Crippen molar-refractivity contribution in [1.29, 1.82) is 0 Å². The Bertz CT molecular complexity index is 1340. The molecule has 0 aliphatic carbocycles. The molecule has 0 spiro atoms. The van der Waals surface area contributed by atoms with E-state index in [4.69, 9.17) is 16.0 Å². The molecule has 2 amide bonds. The highest BCUT2D eigenvalue weighted by Crippen LogP contribution is 2.32. The fourth-order valence-corrected chi connectivity index (χ4v) is 4.99. The Hall–Kier alpha value is -3.36. The number of fused-ring (bicyclic) bond motifs is 1. The van der Waals surface area contributed by atoms with Crippen LogP contribution in [0.1, 0.15) is 26.5 Å². The highest BCUT2D eigenvalue weighted by Gasteiger charge is 2.29. The van der Waals surface area contributed by atoms with Gasteiger partial charge in [0.2, 0.25) is 0 Å². The zero-order valence-corrected chi connectivity index (χ0v) is 19.8. The second-order valence-corrected chi connectivity index (χ2v) is 9.20. The normalized spacial score (nSPS) is 13.9.